The molecule has 3 fully saturated rings. The number of nitrogens with zero attached hydrogens (tertiary/aromatic N) is 2. The second-order valence-corrected chi connectivity index (χ2v) is 15.4. The Kier molecular flexibility index (Phi) is 9.64. The number of carbonyl (C=O) groups is 4. The molecule has 0 bridgehead atoms. The van der Waals surface area contributed by atoms with Gasteiger partial charge in [0.15, 0.2) is 9.84 Å². The standard InChI is InChI=1S/C34H42N4O9S/c1-48(44,45)28-14-8-13-25-27(15-16-35-30(25)28)46-24-18-26-31(40)37-34(32(41)42)19-21(34)9-4-2-3-5-10-22(17-29(39)38(26)20-24)36-33(43)47-23-11-6-7-12-23/h4,8-9,13-16,21-24,26H,2-3,5-7,10-12,17-20H2,1H3,(H,36,43)(H,37,40)(H,41,42)/b9-4-/t21-,22+,24-,26+,34-/m1/s1. The van der Waals surface area contributed by atoms with Crippen LogP contribution in [0.2, 0.25) is 0 Å². The number of aliphatic carboxylic acids is 1. The molecular weight excluding hydrogens is 640 g/mol. The summed E-state index contributed by atoms with van der Waals surface area (Å²) in [6, 6.07) is 4.80. The molecule has 48 heavy (non-hydrogen) atoms. The summed E-state index contributed by atoms with van der Waals surface area (Å²) in [5.41, 5.74) is -1.20. The predicted octanol–water partition coefficient (Wildman–Crippen LogP) is 3.50. The van der Waals surface area contributed by atoms with E-state index in [4.69, 9.17) is 9.47 Å². The van der Waals surface area contributed by atoms with Gasteiger partial charge in [0.05, 0.1) is 17.0 Å². The van der Waals surface area contributed by atoms with Crippen molar-refractivity contribution in [3.63, 3.8) is 0 Å². The van der Waals surface area contributed by atoms with Crippen LogP contribution in [-0.4, -0.2) is 89.9 Å². The second kappa shape index (κ2) is 13.7. The number of carboxylic acids is 1. The molecule has 3 heterocycles. The number of carbonyl (C=O) groups excluding carboxylic acids is 3. The Morgan fingerprint density at radius 2 is 1.85 bits per heavy atom. The predicted molar refractivity (Wildman–Crippen MR) is 174 cm³/mol. The first-order valence-corrected chi connectivity index (χ1v) is 18.6. The number of carboxylic acid groups (broad SMARTS) is 1. The average molecular weight is 683 g/mol. The fourth-order valence-corrected chi connectivity index (χ4v) is 8.04. The summed E-state index contributed by atoms with van der Waals surface area (Å²) in [4.78, 5) is 58.7. The van der Waals surface area contributed by atoms with E-state index in [1.54, 1.807) is 18.2 Å². The smallest absolute Gasteiger partial charge is 0.407 e. The maximum atomic E-state index is 14.0. The van der Waals surface area contributed by atoms with Crippen LogP contribution in [0.25, 0.3) is 10.9 Å². The van der Waals surface area contributed by atoms with Crippen molar-refractivity contribution in [3.8, 4) is 5.75 Å². The minimum atomic E-state index is -3.58. The van der Waals surface area contributed by atoms with Gasteiger partial charge in [0, 0.05) is 42.6 Å². The van der Waals surface area contributed by atoms with Crippen molar-refractivity contribution in [2.75, 3.05) is 12.8 Å². The lowest BCUT2D eigenvalue weighted by atomic mass is 10.0. The number of rotatable bonds is 6. The fourth-order valence-electron chi connectivity index (χ4n) is 7.20. The summed E-state index contributed by atoms with van der Waals surface area (Å²) in [6.07, 6.45) is 11.6. The van der Waals surface area contributed by atoms with E-state index in [9.17, 15) is 32.7 Å². The van der Waals surface area contributed by atoms with Gasteiger partial charge in [-0.15, -0.1) is 0 Å². The monoisotopic (exact) mass is 682 g/mol. The van der Waals surface area contributed by atoms with E-state index in [0.717, 1.165) is 44.8 Å². The van der Waals surface area contributed by atoms with Crippen molar-refractivity contribution in [2.45, 2.75) is 105 Å². The number of allylic oxidation sites excluding steroid dienone is 1. The molecular formula is C34H42N4O9S. The van der Waals surface area contributed by atoms with Crippen LogP contribution in [0, 0.1) is 5.92 Å². The van der Waals surface area contributed by atoms with Gasteiger partial charge in [0.2, 0.25) is 11.8 Å². The normalized spacial score (nSPS) is 29.1. The molecule has 13 nitrogen and oxygen atoms in total. The zero-order chi connectivity index (χ0) is 34.1. The van der Waals surface area contributed by atoms with E-state index in [-0.39, 0.29) is 54.1 Å². The molecule has 258 valence electrons. The molecule has 1 aromatic heterocycles. The highest BCUT2D eigenvalue weighted by molar-refractivity contribution is 7.91. The van der Waals surface area contributed by atoms with E-state index in [0.29, 0.717) is 24.0 Å². The van der Waals surface area contributed by atoms with Crippen LogP contribution in [0.15, 0.2) is 47.5 Å². The molecule has 5 atom stereocenters. The summed E-state index contributed by atoms with van der Waals surface area (Å²) in [6.45, 7) is 0.0230. The minimum Gasteiger partial charge on any atom is -0.488 e. The van der Waals surface area contributed by atoms with Crippen LogP contribution < -0.4 is 15.4 Å². The zero-order valence-electron chi connectivity index (χ0n) is 26.9. The highest BCUT2D eigenvalue weighted by Gasteiger charge is 2.61. The van der Waals surface area contributed by atoms with E-state index in [1.165, 1.54) is 17.2 Å². The van der Waals surface area contributed by atoms with E-state index >= 15 is 0 Å². The second-order valence-electron chi connectivity index (χ2n) is 13.4. The first kappa shape index (κ1) is 33.7. The number of alkyl carbamates (subject to hydrolysis) is 1. The maximum Gasteiger partial charge on any atom is 0.407 e. The molecule has 2 aliphatic carbocycles. The Morgan fingerprint density at radius 3 is 2.60 bits per heavy atom. The Hall–Kier alpha value is -4.20. The maximum absolute atomic E-state index is 14.0. The van der Waals surface area contributed by atoms with Crippen LogP contribution in [0.5, 0.6) is 5.75 Å². The summed E-state index contributed by atoms with van der Waals surface area (Å²) < 4.78 is 36.8. The molecule has 0 radical (unpaired) electrons. The molecule has 6 rings (SSSR count). The van der Waals surface area contributed by atoms with Crippen LogP contribution in [-0.2, 0) is 29.0 Å². The van der Waals surface area contributed by atoms with Crippen molar-refractivity contribution >= 4 is 44.6 Å². The van der Waals surface area contributed by atoms with E-state index < -0.39 is 51.5 Å². The van der Waals surface area contributed by atoms with Crippen LogP contribution in [0.3, 0.4) is 0 Å². The number of sulfone groups is 1. The highest BCUT2D eigenvalue weighted by atomic mass is 32.2. The summed E-state index contributed by atoms with van der Waals surface area (Å²) in [5.74, 6) is -2.13. The lowest BCUT2D eigenvalue weighted by molar-refractivity contribution is -0.145. The van der Waals surface area contributed by atoms with Crippen molar-refractivity contribution < 1.29 is 42.2 Å². The van der Waals surface area contributed by atoms with Crippen LogP contribution >= 0.6 is 0 Å². The van der Waals surface area contributed by atoms with E-state index in [2.05, 4.69) is 15.6 Å². The van der Waals surface area contributed by atoms with Crippen molar-refractivity contribution in [1.82, 2.24) is 20.5 Å². The van der Waals surface area contributed by atoms with Gasteiger partial charge in [-0.25, -0.2) is 18.0 Å². The number of hydrogen-bond donors (Lipinski definition) is 3. The minimum absolute atomic E-state index is 0.0230. The Labute approximate surface area is 279 Å². The summed E-state index contributed by atoms with van der Waals surface area (Å²) in [7, 11) is -3.58. The SMILES string of the molecule is CS(=O)(=O)c1cccc2c(O[C@@H]3C[C@H]4C(=O)N[C@]5(C(=O)O)C[C@H]5/C=C\CCCC[C@H](NC(=O)OC5CCCC5)CC(=O)N4C3)ccnc12. The molecule has 0 spiro atoms. The fraction of sp³-hybridized carbons (Fsp3) is 0.559. The van der Waals surface area contributed by atoms with Gasteiger partial charge in [0.1, 0.15) is 29.5 Å². The molecule has 3 amide bonds. The first-order valence-electron chi connectivity index (χ1n) is 16.7. The molecule has 2 saturated carbocycles. The van der Waals surface area contributed by atoms with E-state index in [1.807, 2.05) is 12.2 Å². The van der Waals surface area contributed by atoms with Gasteiger partial charge >= 0.3 is 12.1 Å². The van der Waals surface area contributed by atoms with Gasteiger partial charge in [-0.3, -0.25) is 14.6 Å². The van der Waals surface area contributed by atoms with Crippen molar-refractivity contribution in [2.24, 2.45) is 5.92 Å². The average Bonchev–Trinajstić information content (AvgIpc) is 3.32. The third kappa shape index (κ3) is 7.27. The number of nitrogens with one attached hydrogen (secondary N) is 2. The quantitative estimate of drug-likeness (QED) is 0.382. The molecule has 1 aromatic carbocycles. The van der Waals surface area contributed by atoms with Gasteiger partial charge in [-0.1, -0.05) is 24.6 Å². The number of benzene rings is 1. The van der Waals surface area contributed by atoms with Gasteiger partial charge < -0.3 is 30.1 Å². The van der Waals surface area contributed by atoms with Crippen LogP contribution in [0.4, 0.5) is 4.79 Å². The largest absolute Gasteiger partial charge is 0.488 e. The molecule has 1 saturated heterocycles. The van der Waals surface area contributed by atoms with Crippen molar-refractivity contribution in [3.05, 3.63) is 42.6 Å². The lowest BCUT2D eigenvalue weighted by Crippen LogP contribution is -2.53. The number of para-hydroxylation sites is 1. The van der Waals surface area contributed by atoms with Gasteiger partial charge in [-0.2, -0.15) is 0 Å². The first-order chi connectivity index (χ1) is 22.9. The molecule has 4 aliphatic rings. The zero-order valence-corrected chi connectivity index (χ0v) is 27.7. The molecule has 2 aromatic rings. The number of ether oxygens (including phenoxy) is 2. The molecule has 0 unspecified atom stereocenters. The Morgan fingerprint density at radius 1 is 1.08 bits per heavy atom. The Balaban J connectivity index is 1.26. The number of hydrogen-bond acceptors (Lipinski definition) is 9. The third-order valence-corrected chi connectivity index (χ3v) is 11.0. The summed E-state index contributed by atoms with van der Waals surface area (Å²) >= 11 is 0. The third-order valence-electron chi connectivity index (χ3n) is 9.88. The molecule has 2 aliphatic heterocycles. The lowest BCUT2D eigenvalue weighted by Gasteiger charge is -2.27. The number of aromatic nitrogens is 1. The summed E-state index contributed by atoms with van der Waals surface area (Å²) in [5, 5.41) is 16.2. The van der Waals surface area contributed by atoms with Gasteiger partial charge in [0.25, 0.3) is 0 Å². The molecule has 14 heteroatoms. The van der Waals surface area contributed by atoms with Gasteiger partial charge in [-0.05, 0) is 69.6 Å². The topological polar surface area (TPSA) is 181 Å². The van der Waals surface area contributed by atoms with Crippen LogP contribution in [0.1, 0.15) is 70.6 Å². The number of amides is 3. The number of fused-ring (bicyclic) bond motifs is 3. The Bertz CT molecular complexity index is 1720. The van der Waals surface area contributed by atoms with Crippen molar-refractivity contribution in [1.29, 1.82) is 0 Å². The number of pyridine rings is 1. The molecule has 3 N–H and O–H groups in total. The highest BCUT2D eigenvalue weighted by Crippen LogP contribution is 2.45.